The van der Waals surface area contributed by atoms with Crippen LogP contribution in [0.1, 0.15) is 42.3 Å². The fourth-order valence-corrected chi connectivity index (χ4v) is 3.47. The fourth-order valence-electron chi connectivity index (χ4n) is 3.47. The molecule has 0 N–H and O–H groups in total. The van der Waals surface area contributed by atoms with Gasteiger partial charge < -0.3 is 4.57 Å². The molecule has 0 aliphatic carbocycles. The number of imide groups is 2. The van der Waals surface area contributed by atoms with Gasteiger partial charge in [-0.05, 0) is 55.2 Å². The maximum atomic E-state index is 12.5. The number of likely N-dealkylation sites (N-methyl/N-ethyl adjacent to an activating group) is 2. The first-order chi connectivity index (χ1) is 13.1. The molecule has 1 saturated heterocycles. The molecule has 0 spiro atoms. The number of rotatable bonds is 3. The van der Waals surface area contributed by atoms with Crippen LogP contribution in [-0.2, 0) is 9.59 Å². The molecule has 2 aromatic rings. The Bertz CT molecular complexity index is 971. The average molecular weight is 379 g/mol. The van der Waals surface area contributed by atoms with Crippen LogP contribution in [0.4, 0.5) is 4.79 Å². The van der Waals surface area contributed by atoms with Crippen LogP contribution in [0.15, 0.2) is 35.9 Å². The Balaban J connectivity index is 2.04. The van der Waals surface area contributed by atoms with Gasteiger partial charge in [-0.25, -0.2) is 4.79 Å². The van der Waals surface area contributed by atoms with Gasteiger partial charge in [-0.1, -0.05) is 26.0 Å². The van der Waals surface area contributed by atoms with Crippen molar-refractivity contribution in [3.05, 3.63) is 58.4 Å². The van der Waals surface area contributed by atoms with Gasteiger partial charge >= 0.3 is 6.03 Å². The molecule has 1 fully saturated rings. The molecular formula is C22H25N3O3. The van der Waals surface area contributed by atoms with Crippen LogP contribution < -0.4 is 0 Å². The van der Waals surface area contributed by atoms with Gasteiger partial charge in [0.2, 0.25) is 0 Å². The highest BCUT2D eigenvalue weighted by Gasteiger charge is 2.38. The molecule has 2 heterocycles. The summed E-state index contributed by atoms with van der Waals surface area (Å²) in [6, 6.07) is 9.69. The number of hydrogen-bond acceptors (Lipinski definition) is 3. The van der Waals surface area contributed by atoms with E-state index >= 15 is 0 Å². The molecule has 0 radical (unpaired) electrons. The summed E-state index contributed by atoms with van der Waals surface area (Å²) in [7, 11) is 2.75. The van der Waals surface area contributed by atoms with E-state index < -0.39 is 17.8 Å². The summed E-state index contributed by atoms with van der Waals surface area (Å²) in [5, 5.41) is 0. The van der Waals surface area contributed by atoms with E-state index in [-0.39, 0.29) is 5.57 Å². The fraction of sp³-hybridized carbons (Fsp3) is 0.318. The lowest BCUT2D eigenvalue weighted by Crippen LogP contribution is -2.52. The SMILES string of the molecule is Cc1cc(C=C2C(=O)N(C)C(=O)N(C)C2=O)c(C)n1-c1ccc(C(C)C)cc1. The molecule has 1 aromatic carbocycles. The number of nitrogens with zero attached hydrogens (tertiary/aromatic N) is 3. The van der Waals surface area contributed by atoms with E-state index in [1.54, 1.807) is 6.08 Å². The van der Waals surface area contributed by atoms with Gasteiger partial charge in [0.15, 0.2) is 0 Å². The Morgan fingerprint density at radius 3 is 1.93 bits per heavy atom. The molecule has 0 bridgehead atoms. The van der Waals surface area contributed by atoms with E-state index in [1.165, 1.54) is 19.7 Å². The Labute approximate surface area is 165 Å². The second-order valence-electron chi connectivity index (χ2n) is 7.48. The first-order valence-corrected chi connectivity index (χ1v) is 9.24. The normalized spacial score (nSPS) is 15.1. The summed E-state index contributed by atoms with van der Waals surface area (Å²) in [6.45, 7) is 8.24. The van der Waals surface area contributed by atoms with Crippen molar-refractivity contribution in [2.45, 2.75) is 33.6 Å². The molecule has 146 valence electrons. The quantitative estimate of drug-likeness (QED) is 0.604. The Hall–Kier alpha value is -3.15. The van der Waals surface area contributed by atoms with Gasteiger partial charge in [0.1, 0.15) is 5.57 Å². The summed E-state index contributed by atoms with van der Waals surface area (Å²) in [6.07, 6.45) is 1.57. The molecule has 3 rings (SSSR count). The molecule has 1 aromatic heterocycles. The molecule has 28 heavy (non-hydrogen) atoms. The molecule has 0 atom stereocenters. The third-order valence-electron chi connectivity index (χ3n) is 5.23. The highest BCUT2D eigenvalue weighted by molar-refractivity contribution is 6.30. The lowest BCUT2D eigenvalue weighted by molar-refractivity contribution is -0.134. The van der Waals surface area contributed by atoms with Gasteiger partial charge in [0, 0.05) is 31.2 Å². The van der Waals surface area contributed by atoms with Crippen LogP contribution in [-0.4, -0.2) is 46.3 Å². The average Bonchev–Trinajstić information content (AvgIpc) is 2.95. The van der Waals surface area contributed by atoms with E-state index in [4.69, 9.17) is 0 Å². The summed E-state index contributed by atoms with van der Waals surface area (Å²) >= 11 is 0. The molecule has 1 aliphatic rings. The van der Waals surface area contributed by atoms with Gasteiger partial charge in [0.25, 0.3) is 11.8 Å². The van der Waals surface area contributed by atoms with Gasteiger partial charge in [-0.15, -0.1) is 0 Å². The number of amides is 4. The molecular weight excluding hydrogens is 354 g/mol. The molecule has 4 amide bonds. The van der Waals surface area contributed by atoms with Crippen LogP contribution in [0.25, 0.3) is 11.8 Å². The number of aryl methyl sites for hydroxylation is 1. The lowest BCUT2D eigenvalue weighted by atomic mass is 10.0. The van der Waals surface area contributed by atoms with Crippen molar-refractivity contribution in [2.75, 3.05) is 14.1 Å². The number of carbonyl (C=O) groups is 3. The van der Waals surface area contributed by atoms with E-state index in [1.807, 2.05) is 19.9 Å². The summed E-state index contributed by atoms with van der Waals surface area (Å²) in [5.41, 5.74) is 4.97. The van der Waals surface area contributed by atoms with Crippen molar-refractivity contribution in [1.29, 1.82) is 0 Å². The van der Waals surface area contributed by atoms with Gasteiger partial charge in [0.05, 0.1) is 0 Å². The minimum absolute atomic E-state index is 0.0139. The second kappa shape index (κ2) is 7.11. The zero-order chi connectivity index (χ0) is 20.7. The van der Waals surface area contributed by atoms with Crippen molar-refractivity contribution in [2.24, 2.45) is 0 Å². The second-order valence-corrected chi connectivity index (χ2v) is 7.48. The van der Waals surface area contributed by atoms with Crippen molar-refractivity contribution < 1.29 is 14.4 Å². The number of carbonyl (C=O) groups excluding carboxylic acids is 3. The molecule has 0 unspecified atom stereocenters. The van der Waals surface area contributed by atoms with Gasteiger partial charge in [-0.3, -0.25) is 19.4 Å². The first kappa shape index (κ1) is 19.6. The Morgan fingerprint density at radius 1 is 0.893 bits per heavy atom. The zero-order valence-electron chi connectivity index (χ0n) is 17.1. The summed E-state index contributed by atoms with van der Waals surface area (Å²) in [5.74, 6) is -0.709. The molecule has 0 saturated carbocycles. The predicted molar refractivity (Wildman–Crippen MR) is 108 cm³/mol. The van der Waals surface area contributed by atoms with Crippen LogP contribution in [0, 0.1) is 13.8 Å². The Kier molecular flexibility index (Phi) is 4.98. The van der Waals surface area contributed by atoms with Crippen LogP contribution >= 0.6 is 0 Å². The standard InChI is InChI=1S/C22H25N3O3/c1-13(2)16-7-9-18(10-8-16)25-14(3)11-17(15(25)4)12-19-20(26)23(5)22(28)24(6)21(19)27/h7-13H,1-6H3. The summed E-state index contributed by atoms with van der Waals surface area (Å²) < 4.78 is 2.09. The minimum atomic E-state index is -0.622. The zero-order valence-corrected chi connectivity index (χ0v) is 17.1. The number of barbiturate groups is 1. The van der Waals surface area contributed by atoms with E-state index in [2.05, 4.69) is 42.7 Å². The molecule has 1 aliphatic heterocycles. The van der Waals surface area contributed by atoms with Crippen LogP contribution in [0.3, 0.4) is 0 Å². The van der Waals surface area contributed by atoms with Crippen molar-refractivity contribution in [3.8, 4) is 5.69 Å². The molecule has 6 heteroatoms. The van der Waals surface area contributed by atoms with Gasteiger partial charge in [-0.2, -0.15) is 0 Å². The minimum Gasteiger partial charge on any atom is -0.318 e. The number of urea groups is 1. The van der Waals surface area contributed by atoms with Crippen molar-refractivity contribution in [3.63, 3.8) is 0 Å². The lowest BCUT2D eigenvalue weighted by Gasteiger charge is -2.28. The highest BCUT2D eigenvalue weighted by atomic mass is 16.2. The number of hydrogen-bond donors (Lipinski definition) is 0. The monoisotopic (exact) mass is 379 g/mol. The van der Waals surface area contributed by atoms with Crippen molar-refractivity contribution in [1.82, 2.24) is 14.4 Å². The van der Waals surface area contributed by atoms with E-state index in [0.29, 0.717) is 5.92 Å². The van der Waals surface area contributed by atoms with E-state index in [9.17, 15) is 14.4 Å². The topological polar surface area (TPSA) is 62.6 Å². The first-order valence-electron chi connectivity index (χ1n) is 9.24. The van der Waals surface area contributed by atoms with Crippen LogP contribution in [0.2, 0.25) is 0 Å². The largest absolute Gasteiger partial charge is 0.333 e. The Morgan fingerprint density at radius 2 is 1.43 bits per heavy atom. The summed E-state index contributed by atoms with van der Waals surface area (Å²) in [4.78, 5) is 38.7. The highest BCUT2D eigenvalue weighted by Crippen LogP contribution is 2.26. The maximum absolute atomic E-state index is 12.5. The third-order valence-corrected chi connectivity index (χ3v) is 5.23. The van der Waals surface area contributed by atoms with Crippen molar-refractivity contribution >= 4 is 23.9 Å². The van der Waals surface area contributed by atoms with Crippen LogP contribution in [0.5, 0.6) is 0 Å². The molecule has 6 nitrogen and oxygen atoms in total. The smallest absolute Gasteiger partial charge is 0.318 e. The third kappa shape index (κ3) is 3.15. The maximum Gasteiger partial charge on any atom is 0.333 e. The predicted octanol–water partition coefficient (Wildman–Crippen LogP) is 3.65. The van der Waals surface area contributed by atoms with E-state index in [0.717, 1.165) is 32.4 Å². The number of benzene rings is 1. The number of aromatic nitrogens is 1.